The molecule has 1 amide bonds. The van der Waals surface area contributed by atoms with E-state index < -0.39 is 0 Å². The van der Waals surface area contributed by atoms with E-state index in [0.29, 0.717) is 11.6 Å². The highest BCUT2D eigenvalue weighted by Crippen LogP contribution is 2.32. The van der Waals surface area contributed by atoms with E-state index >= 15 is 0 Å². The van der Waals surface area contributed by atoms with Crippen molar-refractivity contribution in [3.8, 4) is 0 Å². The SMILES string of the molecule is CCCN1CCC(c2nc(C(=O)Nc3ccccc3C(C)(C)C)cs2)CC1. The monoisotopic (exact) mass is 385 g/mol. The van der Waals surface area contributed by atoms with E-state index in [4.69, 9.17) is 0 Å². The molecule has 0 unspecified atom stereocenters. The first kappa shape index (κ1) is 20.0. The molecule has 2 heterocycles. The third kappa shape index (κ3) is 4.96. The summed E-state index contributed by atoms with van der Waals surface area (Å²) in [5, 5.41) is 6.09. The van der Waals surface area contributed by atoms with Gasteiger partial charge in [-0.2, -0.15) is 0 Å². The van der Waals surface area contributed by atoms with Crippen LogP contribution in [0.15, 0.2) is 29.6 Å². The van der Waals surface area contributed by atoms with Gasteiger partial charge in [0, 0.05) is 17.0 Å². The second-order valence-electron chi connectivity index (χ2n) is 8.44. The van der Waals surface area contributed by atoms with E-state index in [1.54, 1.807) is 11.3 Å². The number of anilines is 1. The van der Waals surface area contributed by atoms with E-state index in [-0.39, 0.29) is 11.3 Å². The van der Waals surface area contributed by atoms with Crippen molar-refractivity contribution in [2.24, 2.45) is 0 Å². The van der Waals surface area contributed by atoms with Crippen molar-refractivity contribution in [3.63, 3.8) is 0 Å². The van der Waals surface area contributed by atoms with Crippen molar-refractivity contribution in [2.45, 2.75) is 58.3 Å². The van der Waals surface area contributed by atoms with Gasteiger partial charge in [-0.3, -0.25) is 4.79 Å². The van der Waals surface area contributed by atoms with Gasteiger partial charge in [0.15, 0.2) is 0 Å². The van der Waals surface area contributed by atoms with Crippen molar-refractivity contribution in [1.29, 1.82) is 0 Å². The molecule has 0 spiro atoms. The van der Waals surface area contributed by atoms with Crippen molar-refractivity contribution in [3.05, 3.63) is 45.9 Å². The molecule has 1 saturated heterocycles. The zero-order chi connectivity index (χ0) is 19.4. The maximum atomic E-state index is 12.8. The summed E-state index contributed by atoms with van der Waals surface area (Å²) >= 11 is 1.63. The molecule has 1 aromatic heterocycles. The van der Waals surface area contributed by atoms with Crippen LogP contribution in [-0.4, -0.2) is 35.4 Å². The number of thiazole rings is 1. The van der Waals surface area contributed by atoms with Crippen LogP contribution in [0.4, 0.5) is 5.69 Å². The molecule has 0 radical (unpaired) electrons. The minimum absolute atomic E-state index is 0.0242. The molecule has 0 aliphatic carbocycles. The number of piperidine rings is 1. The van der Waals surface area contributed by atoms with Crippen LogP contribution in [0.2, 0.25) is 0 Å². The fraction of sp³-hybridized carbons (Fsp3) is 0.545. The quantitative estimate of drug-likeness (QED) is 0.761. The van der Waals surface area contributed by atoms with Crippen LogP contribution in [0.5, 0.6) is 0 Å². The van der Waals surface area contributed by atoms with Gasteiger partial charge in [0.2, 0.25) is 0 Å². The Labute approximate surface area is 167 Å². The zero-order valence-corrected chi connectivity index (χ0v) is 17.7. The summed E-state index contributed by atoms with van der Waals surface area (Å²) in [5.74, 6) is 0.379. The highest BCUT2D eigenvalue weighted by molar-refractivity contribution is 7.10. The fourth-order valence-corrected chi connectivity index (χ4v) is 4.70. The number of carbonyl (C=O) groups excluding carboxylic acids is 1. The Morgan fingerprint density at radius 2 is 1.96 bits per heavy atom. The van der Waals surface area contributed by atoms with E-state index in [1.165, 1.54) is 13.0 Å². The summed E-state index contributed by atoms with van der Waals surface area (Å²) in [5.41, 5.74) is 2.52. The lowest BCUT2D eigenvalue weighted by atomic mass is 9.86. The lowest BCUT2D eigenvalue weighted by Gasteiger charge is -2.30. The van der Waals surface area contributed by atoms with E-state index in [1.807, 2.05) is 23.6 Å². The van der Waals surface area contributed by atoms with E-state index in [9.17, 15) is 4.79 Å². The molecule has 0 saturated carbocycles. The molecule has 1 aromatic carbocycles. The van der Waals surface area contributed by atoms with E-state index in [0.717, 1.165) is 42.2 Å². The van der Waals surface area contributed by atoms with Gasteiger partial charge in [-0.1, -0.05) is 45.9 Å². The van der Waals surface area contributed by atoms with Crippen LogP contribution in [0, 0.1) is 0 Å². The highest BCUT2D eigenvalue weighted by Gasteiger charge is 2.24. The minimum atomic E-state index is -0.113. The number of likely N-dealkylation sites (tertiary alicyclic amines) is 1. The number of para-hydroxylation sites is 1. The second kappa shape index (κ2) is 8.53. The van der Waals surface area contributed by atoms with Crippen LogP contribution in [0.25, 0.3) is 0 Å². The summed E-state index contributed by atoms with van der Waals surface area (Å²) in [6.07, 6.45) is 3.49. The largest absolute Gasteiger partial charge is 0.320 e. The van der Waals surface area contributed by atoms with Crippen LogP contribution in [0.3, 0.4) is 0 Å². The van der Waals surface area contributed by atoms with Gasteiger partial charge in [-0.05, 0) is 55.9 Å². The topological polar surface area (TPSA) is 45.2 Å². The molecule has 3 rings (SSSR count). The molecule has 1 fully saturated rings. The standard InChI is InChI=1S/C22H31N3OS/c1-5-12-25-13-10-16(11-14-25)21-24-19(15-27-21)20(26)23-18-9-7-6-8-17(18)22(2,3)4/h6-9,15-16H,5,10-14H2,1-4H3,(H,23,26). The Kier molecular flexibility index (Phi) is 6.33. The number of carbonyl (C=O) groups is 1. The predicted octanol–water partition coefficient (Wildman–Crippen LogP) is 5.28. The number of benzene rings is 1. The number of nitrogens with one attached hydrogen (secondary N) is 1. The molecule has 0 atom stereocenters. The third-order valence-electron chi connectivity index (χ3n) is 5.21. The predicted molar refractivity (Wildman–Crippen MR) is 114 cm³/mol. The maximum Gasteiger partial charge on any atom is 0.275 e. The van der Waals surface area contributed by atoms with Crippen LogP contribution in [0.1, 0.15) is 73.9 Å². The average Bonchev–Trinajstić information content (AvgIpc) is 3.12. The van der Waals surface area contributed by atoms with Crippen molar-refractivity contribution in [2.75, 3.05) is 25.0 Å². The number of hydrogen-bond acceptors (Lipinski definition) is 4. The Hall–Kier alpha value is -1.72. The van der Waals surface area contributed by atoms with Crippen LogP contribution in [-0.2, 0) is 5.41 Å². The Morgan fingerprint density at radius 3 is 2.63 bits per heavy atom. The van der Waals surface area contributed by atoms with Gasteiger partial charge in [0.1, 0.15) is 5.69 Å². The lowest BCUT2D eigenvalue weighted by Crippen LogP contribution is -2.33. The molecule has 1 aliphatic rings. The summed E-state index contributed by atoms with van der Waals surface area (Å²) in [6, 6.07) is 8.02. The minimum Gasteiger partial charge on any atom is -0.320 e. The van der Waals surface area contributed by atoms with Gasteiger partial charge in [0.25, 0.3) is 5.91 Å². The fourth-order valence-electron chi connectivity index (χ4n) is 3.73. The molecule has 5 heteroatoms. The zero-order valence-electron chi connectivity index (χ0n) is 16.9. The summed E-state index contributed by atoms with van der Waals surface area (Å²) < 4.78 is 0. The Bertz CT molecular complexity index is 770. The molecule has 146 valence electrons. The maximum absolute atomic E-state index is 12.8. The molecular formula is C22H31N3OS. The summed E-state index contributed by atoms with van der Waals surface area (Å²) in [6.45, 7) is 12.2. The summed E-state index contributed by atoms with van der Waals surface area (Å²) in [7, 11) is 0. The number of aromatic nitrogens is 1. The molecule has 1 N–H and O–H groups in total. The normalized spacial score (nSPS) is 16.4. The third-order valence-corrected chi connectivity index (χ3v) is 6.22. The van der Waals surface area contributed by atoms with Gasteiger partial charge in [0.05, 0.1) is 5.01 Å². The number of rotatable bonds is 5. The van der Waals surface area contributed by atoms with Crippen molar-refractivity contribution >= 4 is 22.9 Å². The van der Waals surface area contributed by atoms with Crippen LogP contribution >= 0.6 is 11.3 Å². The Balaban J connectivity index is 1.66. The molecule has 27 heavy (non-hydrogen) atoms. The van der Waals surface area contributed by atoms with Gasteiger partial charge < -0.3 is 10.2 Å². The van der Waals surface area contributed by atoms with Crippen molar-refractivity contribution < 1.29 is 4.79 Å². The smallest absolute Gasteiger partial charge is 0.275 e. The van der Waals surface area contributed by atoms with Gasteiger partial charge in [-0.15, -0.1) is 11.3 Å². The average molecular weight is 386 g/mol. The molecule has 2 aromatic rings. The molecule has 1 aliphatic heterocycles. The molecule has 0 bridgehead atoms. The number of nitrogens with zero attached hydrogens (tertiary/aromatic N) is 2. The van der Waals surface area contributed by atoms with E-state index in [2.05, 4.69) is 49.0 Å². The van der Waals surface area contributed by atoms with Gasteiger partial charge in [-0.25, -0.2) is 4.98 Å². The Morgan fingerprint density at radius 1 is 1.26 bits per heavy atom. The second-order valence-corrected chi connectivity index (χ2v) is 9.33. The van der Waals surface area contributed by atoms with Crippen molar-refractivity contribution in [1.82, 2.24) is 9.88 Å². The number of hydrogen-bond donors (Lipinski definition) is 1. The first-order chi connectivity index (χ1) is 12.9. The summed E-state index contributed by atoms with van der Waals surface area (Å²) in [4.78, 5) is 20.0. The first-order valence-corrected chi connectivity index (χ1v) is 10.8. The molecule has 4 nitrogen and oxygen atoms in total. The van der Waals surface area contributed by atoms with Crippen LogP contribution < -0.4 is 5.32 Å². The lowest BCUT2D eigenvalue weighted by molar-refractivity contribution is 0.102. The number of amides is 1. The first-order valence-electron chi connectivity index (χ1n) is 9.97. The highest BCUT2D eigenvalue weighted by atomic mass is 32.1. The molecular weight excluding hydrogens is 354 g/mol. The van der Waals surface area contributed by atoms with Gasteiger partial charge >= 0.3 is 0 Å².